The van der Waals surface area contributed by atoms with Gasteiger partial charge in [-0.3, -0.25) is 62.3 Å². The summed E-state index contributed by atoms with van der Waals surface area (Å²) in [7, 11) is 0. The van der Waals surface area contributed by atoms with E-state index >= 15 is 0 Å². The van der Waals surface area contributed by atoms with Gasteiger partial charge in [-0.25, -0.2) is 19.7 Å². The molecule has 87 heavy (non-hydrogen) atoms. The number of aromatic amines is 3. The van der Waals surface area contributed by atoms with Crippen LogP contribution in [-0.2, 0) is 86.4 Å². The lowest BCUT2D eigenvalue weighted by Crippen LogP contribution is -2.58. The topological polar surface area (TPSA) is 570 Å². The van der Waals surface area contributed by atoms with Crippen LogP contribution >= 0.6 is 0 Å². The molecule has 39 heteroatoms. The minimum absolute atomic E-state index is 0.123. The number of aromatic nitrogens is 6. The zero-order valence-electron chi connectivity index (χ0n) is 47.1. The van der Waals surface area contributed by atoms with Crippen LogP contribution in [0, 0.1) is 11.8 Å². The summed E-state index contributed by atoms with van der Waals surface area (Å²) in [5.41, 5.74) is 11.8. The smallest absolute Gasteiger partial charge is 0.480 e. The number of primary amides is 1. The molecule has 0 saturated heterocycles. The summed E-state index contributed by atoms with van der Waals surface area (Å²) >= 11 is 0. The Morgan fingerprint density at radius 2 is 0.828 bits per heavy atom. The minimum atomic E-state index is -5.08. The number of carboxylic acid groups (broad SMARTS) is 2. The van der Waals surface area contributed by atoms with Gasteiger partial charge in [0.1, 0.15) is 48.8 Å². The number of nitrogens with one attached hydrogen (secondary N) is 14. The van der Waals surface area contributed by atoms with Crippen molar-refractivity contribution in [2.75, 3.05) is 39.3 Å². The number of amides is 12. The Kier molecular flexibility index (Phi) is 30.7. The van der Waals surface area contributed by atoms with Gasteiger partial charge < -0.3 is 100 Å². The molecule has 0 aromatic carbocycles. The fourth-order valence-corrected chi connectivity index (χ4v) is 7.20. The molecule has 7 unspecified atom stereocenters. The third kappa shape index (κ3) is 27.9. The molecule has 21 N–H and O–H groups in total. The van der Waals surface area contributed by atoms with E-state index in [-0.39, 0.29) is 19.3 Å². The summed E-state index contributed by atoms with van der Waals surface area (Å²) in [4.78, 5) is 197. The number of carboxylic acids is 2. The summed E-state index contributed by atoms with van der Waals surface area (Å²) in [6.45, 7) is 2.02. The Morgan fingerprint density at radius 3 is 1.16 bits per heavy atom. The van der Waals surface area contributed by atoms with Crippen molar-refractivity contribution < 1.29 is 95.6 Å². The number of aliphatic hydroxyl groups is 1. The van der Waals surface area contributed by atoms with Crippen molar-refractivity contribution in [1.29, 1.82) is 0 Å². The Morgan fingerprint density at radius 1 is 0.494 bits per heavy atom. The third-order valence-electron chi connectivity index (χ3n) is 11.6. The van der Waals surface area contributed by atoms with Crippen LogP contribution in [0.3, 0.4) is 0 Å². The number of nitrogens with two attached hydrogens (primary N) is 2. The van der Waals surface area contributed by atoms with E-state index in [4.69, 9.17) is 26.5 Å². The highest BCUT2D eigenvalue weighted by molar-refractivity contribution is 5.98. The molecule has 0 spiro atoms. The van der Waals surface area contributed by atoms with E-state index in [1.165, 1.54) is 37.6 Å². The first-order valence-corrected chi connectivity index (χ1v) is 26.1. The maximum Gasteiger partial charge on any atom is 0.490 e. The van der Waals surface area contributed by atoms with E-state index in [0.717, 1.165) is 0 Å². The number of alkyl halides is 3. The van der Waals surface area contributed by atoms with Gasteiger partial charge in [-0.2, -0.15) is 13.2 Å². The number of halogens is 3. The van der Waals surface area contributed by atoms with Crippen molar-refractivity contribution in [3.63, 3.8) is 0 Å². The van der Waals surface area contributed by atoms with Gasteiger partial charge in [-0.1, -0.05) is 27.7 Å². The first kappa shape index (κ1) is 73.0. The van der Waals surface area contributed by atoms with E-state index in [2.05, 4.69) is 88.4 Å². The van der Waals surface area contributed by atoms with Gasteiger partial charge in [0.15, 0.2) is 0 Å². The van der Waals surface area contributed by atoms with E-state index in [0.29, 0.717) is 17.1 Å². The SMILES string of the molecule is CC(C)C(NC(=O)CN)C(=O)NC(CO)C(=O)NCC(=O)NC(Cc1cnc[nH]1)C(=O)NCC(=O)NC(CCC(N)=O)C(=O)NC(Cc1cnc[nH]1)C(=O)NCC(=O)NC(C(=O)NC(Cc1cnc[nH]1)C(=O)NCC(=O)O)C(C)C.O=C(O)C(F)(F)F. The molecule has 0 bridgehead atoms. The lowest BCUT2D eigenvalue weighted by Gasteiger charge is -2.25. The standard InChI is InChI=1S/C46H69N19O15.C2HF3O2/c1-22(2)38(64-33(68)10-47)46(80)63-31(18-66)43(77)54-15-35(70)60-28(7-24-11-49-19-56-24)40(74)52-14-34(69)59-27(5-6-32(48)67)44(78)61-29(8-25-12-50-20-57-25)41(75)53-16-36(71)65-39(23(3)4)45(79)62-30(9-26-13-51-21-58-26)42(76)55-17-37(72)73;3-2(4,5)1(6)7/h11-13,19-23,27-31,38-39,66H,5-10,14-18,47H2,1-4H3,(H2,48,67)(H,49,56)(H,50,57)(H,51,58)(H,52,74)(H,53,75)(H,54,77)(H,55,76)(H,59,69)(H,60,70)(H,61,78)(H,62,79)(H,63,80)(H,64,68)(H,65,71)(H,72,73);(H,6,7). The van der Waals surface area contributed by atoms with Crippen molar-refractivity contribution in [3.05, 3.63) is 54.7 Å². The average molecular weight is 1240 g/mol. The highest BCUT2D eigenvalue weighted by atomic mass is 19.4. The van der Waals surface area contributed by atoms with Crippen LogP contribution in [0.5, 0.6) is 0 Å². The molecule has 3 heterocycles. The molecule has 0 aliphatic carbocycles. The maximum atomic E-state index is 13.9. The van der Waals surface area contributed by atoms with Crippen LogP contribution in [0.25, 0.3) is 0 Å². The molecule has 3 aromatic heterocycles. The second-order valence-electron chi connectivity index (χ2n) is 19.3. The Labute approximate surface area is 491 Å². The minimum Gasteiger partial charge on any atom is -0.480 e. The molecule has 3 rings (SSSR count). The van der Waals surface area contributed by atoms with Gasteiger partial charge >= 0.3 is 18.1 Å². The fraction of sp³-hybridized carbons (Fsp3) is 0.521. The number of imidazole rings is 3. The highest BCUT2D eigenvalue weighted by Crippen LogP contribution is 2.13. The van der Waals surface area contributed by atoms with Crippen LogP contribution in [0.2, 0.25) is 0 Å². The second-order valence-corrected chi connectivity index (χ2v) is 19.3. The van der Waals surface area contributed by atoms with Crippen LogP contribution in [0.1, 0.15) is 57.6 Å². The fourth-order valence-electron chi connectivity index (χ4n) is 7.20. The van der Waals surface area contributed by atoms with Crippen molar-refractivity contribution >= 4 is 82.8 Å². The number of hydrogen-bond acceptors (Lipinski definition) is 19. The number of aliphatic carboxylic acids is 2. The Hall–Kier alpha value is -10.1. The van der Waals surface area contributed by atoms with E-state index in [9.17, 15) is 80.6 Å². The van der Waals surface area contributed by atoms with Gasteiger partial charge in [-0.05, 0) is 18.3 Å². The van der Waals surface area contributed by atoms with Gasteiger partial charge in [-0.15, -0.1) is 0 Å². The number of rotatable bonds is 35. The van der Waals surface area contributed by atoms with Gasteiger partial charge in [0.05, 0.1) is 51.8 Å². The second kappa shape index (κ2) is 36.6. The Bertz CT molecular complexity index is 2820. The molecule has 0 aliphatic rings. The normalized spacial score (nSPS) is 13.4. The van der Waals surface area contributed by atoms with Crippen molar-refractivity contribution in [3.8, 4) is 0 Å². The van der Waals surface area contributed by atoms with Crippen LogP contribution in [-0.4, -0.2) is 216 Å². The summed E-state index contributed by atoms with van der Waals surface area (Å²) in [5.74, 6) is -15.8. The summed E-state index contributed by atoms with van der Waals surface area (Å²) in [6.07, 6.45) is 1.44. The molecular weight excluding hydrogens is 1170 g/mol. The highest BCUT2D eigenvalue weighted by Gasteiger charge is 2.38. The molecule has 12 amide bonds. The zero-order valence-corrected chi connectivity index (χ0v) is 47.1. The summed E-state index contributed by atoms with van der Waals surface area (Å²) in [5, 5.41) is 52.1. The molecule has 36 nitrogen and oxygen atoms in total. The van der Waals surface area contributed by atoms with Gasteiger partial charge in [0.2, 0.25) is 70.9 Å². The van der Waals surface area contributed by atoms with Gasteiger partial charge in [0, 0.05) is 61.4 Å². The molecule has 0 fully saturated rings. The predicted octanol–water partition coefficient (Wildman–Crippen LogP) is -8.01. The van der Waals surface area contributed by atoms with E-state index in [1.54, 1.807) is 27.7 Å². The third-order valence-corrected chi connectivity index (χ3v) is 11.6. The van der Waals surface area contributed by atoms with Crippen molar-refractivity contribution in [2.24, 2.45) is 23.3 Å². The summed E-state index contributed by atoms with van der Waals surface area (Å²) in [6, 6.07) is -9.75. The predicted molar refractivity (Wildman–Crippen MR) is 288 cm³/mol. The lowest BCUT2D eigenvalue weighted by molar-refractivity contribution is -0.192. The van der Waals surface area contributed by atoms with Crippen LogP contribution in [0.15, 0.2) is 37.6 Å². The number of aliphatic hydroxyl groups excluding tert-OH is 1. The number of carbonyl (C=O) groups is 14. The first-order valence-electron chi connectivity index (χ1n) is 26.1. The number of H-pyrrole nitrogens is 3. The van der Waals surface area contributed by atoms with Crippen LogP contribution < -0.4 is 70.0 Å². The van der Waals surface area contributed by atoms with E-state index in [1.807, 2.05) is 0 Å². The van der Waals surface area contributed by atoms with E-state index < -0.39 is 195 Å². The number of nitrogens with zero attached hydrogens (tertiary/aromatic N) is 3. The lowest BCUT2D eigenvalue weighted by atomic mass is 10.0. The monoisotopic (exact) mass is 1240 g/mol. The molecule has 0 radical (unpaired) electrons. The molecule has 3 aromatic rings. The molecular formula is C48H70F3N19O17. The first-order chi connectivity index (χ1) is 40.8. The largest absolute Gasteiger partial charge is 0.490 e. The maximum absolute atomic E-state index is 13.9. The van der Waals surface area contributed by atoms with Crippen molar-refractivity contribution in [2.45, 2.75) is 108 Å². The summed E-state index contributed by atoms with van der Waals surface area (Å²) < 4.78 is 31.7. The van der Waals surface area contributed by atoms with Crippen LogP contribution in [0.4, 0.5) is 13.2 Å². The molecule has 0 saturated carbocycles. The van der Waals surface area contributed by atoms with Crippen molar-refractivity contribution in [1.82, 2.24) is 88.4 Å². The Balaban J connectivity index is 0.00000346. The quantitative estimate of drug-likeness (QED) is 0.0260. The zero-order chi connectivity index (χ0) is 65.6. The molecule has 7 atom stereocenters. The molecule has 0 aliphatic heterocycles. The number of hydrogen-bond donors (Lipinski definition) is 19. The van der Waals surface area contributed by atoms with Gasteiger partial charge in [0.25, 0.3) is 0 Å². The average Bonchev–Trinajstić information content (AvgIpc) is 4.04. The number of carbonyl (C=O) groups excluding carboxylic acids is 12. The molecule has 480 valence electrons.